The molecule has 0 saturated carbocycles. The van der Waals surface area contributed by atoms with Gasteiger partial charge in [-0.05, 0) is 37.6 Å². The molecule has 0 spiro atoms. The number of aryl methyl sites for hydroxylation is 2. The van der Waals surface area contributed by atoms with Crippen molar-refractivity contribution in [3.05, 3.63) is 62.1 Å². The summed E-state index contributed by atoms with van der Waals surface area (Å²) in [7, 11) is 1.64. The lowest BCUT2D eigenvalue weighted by atomic mass is 10.1. The van der Waals surface area contributed by atoms with Crippen molar-refractivity contribution in [2.24, 2.45) is 7.05 Å². The summed E-state index contributed by atoms with van der Waals surface area (Å²) in [6, 6.07) is 8.13. The lowest BCUT2D eigenvalue weighted by molar-refractivity contribution is 0.265. The molecule has 0 bridgehead atoms. The first-order chi connectivity index (χ1) is 13.5. The van der Waals surface area contributed by atoms with E-state index in [0.717, 1.165) is 42.9 Å². The van der Waals surface area contributed by atoms with E-state index in [2.05, 4.69) is 42.8 Å². The van der Waals surface area contributed by atoms with Crippen LogP contribution in [0.25, 0.3) is 11.2 Å². The fraction of sp³-hybridized carbons (Fsp3) is 0.476. The Bertz CT molecular complexity index is 1080. The molecule has 0 radical (unpaired) electrons. The first-order valence-corrected chi connectivity index (χ1v) is 9.91. The van der Waals surface area contributed by atoms with Crippen LogP contribution in [0.4, 0.5) is 0 Å². The Kier molecular flexibility index (Phi) is 6.14. The molecule has 0 saturated heterocycles. The summed E-state index contributed by atoms with van der Waals surface area (Å²) in [5.41, 5.74) is 2.35. The van der Waals surface area contributed by atoms with Crippen molar-refractivity contribution < 1.29 is 0 Å². The van der Waals surface area contributed by atoms with Crippen LogP contribution in [-0.2, 0) is 20.1 Å². The van der Waals surface area contributed by atoms with Gasteiger partial charge in [-0.2, -0.15) is 0 Å². The zero-order chi connectivity index (χ0) is 20.3. The van der Waals surface area contributed by atoms with Crippen molar-refractivity contribution >= 4 is 11.2 Å². The molecule has 0 aliphatic carbocycles. The molecular formula is C21H29N5O2. The summed E-state index contributed by atoms with van der Waals surface area (Å²) < 4.78 is 3.38. The number of H-pyrrole nitrogens is 1. The van der Waals surface area contributed by atoms with E-state index < -0.39 is 5.69 Å². The van der Waals surface area contributed by atoms with Crippen LogP contribution in [-0.4, -0.2) is 37.1 Å². The number of nitrogens with one attached hydrogen (secondary N) is 1. The molecule has 1 N–H and O–H groups in total. The second kappa shape index (κ2) is 8.56. The number of unbranched alkanes of at least 4 members (excludes halogenated alkanes) is 1. The average molecular weight is 383 g/mol. The molecule has 2 heterocycles. The Balaban J connectivity index is 2.14. The molecule has 0 fully saturated rings. The second-order valence-corrected chi connectivity index (χ2v) is 7.25. The number of benzene rings is 1. The zero-order valence-electron chi connectivity index (χ0n) is 17.2. The number of fused-ring (bicyclic) bond motifs is 1. The molecular weight excluding hydrogens is 354 g/mol. The van der Waals surface area contributed by atoms with Crippen molar-refractivity contribution in [1.29, 1.82) is 0 Å². The highest BCUT2D eigenvalue weighted by molar-refractivity contribution is 5.71. The van der Waals surface area contributed by atoms with Crippen LogP contribution in [0.15, 0.2) is 33.9 Å². The molecule has 7 heteroatoms. The molecule has 150 valence electrons. The Morgan fingerprint density at radius 2 is 1.93 bits per heavy atom. The molecule has 0 atom stereocenters. The molecule has 28 heavy (non-hydrogen) atoms. The largest absolute Gasteiger partial charge is 0.329 e. The first-order valence-electron chi connectivity index (χ1n) is 9.91. The smallest absolute Gasteiger partial charge is 0.317 e. The van der Waals surface area contributed by atoms with Crippen molar-refractivity contribution in [3.63, 3.8) is 0 Å². The molecule has 2 aromatic heterocycles. The van der Waals surface area contributed by atoms with Gasteiger partial charge in [0.25, 0.3) is 5.56 Å². The van der Waals surface area contributed by atoms with Crippen LogP contribution in [0, 0.1) is 6.92 Å². The summed E-state index contributed by atoms with van der Waals surface area (Å²) >= 11 is 0. The highest BCUT2D eigenvalue weighted by Gasteiger charge is 2.19. The SMILES string of the molecule is CCCCN(CC)Cc1nc2c(c(=O)[nH]c(=O)n2C)n1Cc1ccccc1C. The van der Waals surface area contributed by atoms with Gasteiger partial charge in [-0.15, -0.1) is 0 Å². The van der Waals surface area contributed by atoms with Gasteiger partial charge in [0, 0.05) is 13.6 Å². The predicted molar refractivity (Wildman–Crippen MR) is 112 cm³/mol. The van der Waals surface area contributed by atoms with E-state index in [9.17, 15) is 9.59 Å². The second-order valence-electron chi connectivity index (χ2n) is 7.25. The van der Waals surface area contributed by atoms with Gasteiger partial charge in [0.1, 0.15) is 5.82 Å². The monoisotopic (exact) mass is 383 g/mol. The highest BCUT2D eigenvalue weighted by atomic mass is 16.2. The normalized spacial score (nSPS) is 11.6. The maximum absolute atomic E-state index is 12.6. The van der Waals surface area contributed by atoms with E-state index in [0.29, 0.717) is 24.3 Å². The topological polar surface area (TPSA) is 75.9 Å². The molecule has 0 unspecified atom stereocenters. The van der Waals surface area contributed by atoms with Crippen LogP contribution in [0.5, 0.6) is 0 Å². The van der Waals surface area contributed by atoms with Gasteiger partial charge in [-0.25, -0.2) is 9.78 Å². The molecule has 3 rings (SSSR count). The standard InChI is InChI=1S/C21H29N5O2/c1-5-7-12-25(6-2)14-17-22-19-18(20(27)23-21(28)24(19)4)26(17)13-16-11-9-8-10-15(16)3/h8-11H,5-7,12-14H2,1-4H3,(H,23,27,28). The lowest BCUT2D eigenvalue weighted by Gasteiger charge is -2.20. The quantitative estimate of drug-likeness (QED) is 0.648. The van der Waals surface area contributed by atoms with Crippen molar-refractivity contribution in [2.75, 3.05) is 13.1 Å². The van der Waals surface area contributed by atoms with Crippen LogP contribution in [0.3, 0.4) is 0 Å². The molecule has 0 aliphatic rings. The van der Waals surface area contributed by atoms with Gasteiger partial charge in [0.2, 0.25) is 0 Å². The van der Waals surface area contributed by atoms with E-state index in [1.165, 1.54) is 4.57 Å². The van der Waals surface area contributed by atoms with E-state index in [4.69, 9.17) is 4.98 Å². The number of nitrogens with zero attached hydrogens (tertiary/aromatic N) is 4. The zero-order valence-corrected chi connectivity index (χ0v) is 17.2. The van der Waals surface area contributed by atoms with Gasteiger partial charge in [0.15, 0.2) is 11.2 Å². The van der Waals surface area contributed by atoms with Crippen LogP contribution in [0.2, 0.25) is 0 Å². The summed E-state index contributed by atoms with van der Waals surface area (Å²) in [5, 5.41) is 0. The number of aromatic nitrogens is 4. The third-order valence-electron chi connectivity index (χ3n) is 5.32. The van der Waals surface area contributed by atoms with Gasteiger partial charge < -0.3 is 4.57 Å². The van der Waals surface area contributed by atoms with Gasteiger partial charge in [-0.1, -0.05) is 44.5 Å². The van der Waals surface area contributed by atoms with Crippen molar-refractivity contribution in [2.45, 2.75) is 46.7 Å². The molecule has 7 nitrogen and oxygen atoms in total. The average Bonchev–Trinajstić information content (AvgIpc) is 3.03. The number of imidazole rings is 1. The van der Waals surface area contributed by atoms with E-state index >= 15 is 0 Å². The molecule has 1 aromatic carbocycles. The van der Waals surface area contributed by atoms with E-state index in [1.807, 2.05) is 16.7 Å². The summed E-state index contributed by atoms with van der Waals surface area (Å²) in [5.74, 6) is 0.808. The molecule has 0 amide bonds. The number of aromatic amines is 1. The van der Waals surface area contributed by atoms with Crippen molar-refractivity contribution in [3.8, 4) is 0 Å². The van der Waals surface area contributed by atoms with Crippen LogP contribution < -0.4 is 11.2 Å². The maximum atomic E-state index is 12.6. The van der Waals surface area contributed by atoms with Gasteiger partial charge in [0.05, 0.1) is 6.54 Å². The van der Waals surface area contributed by atoms with Crippen LogP contribution in [0.1, 0.15) is 43.6 Å². The Morgan fingerprint density at radius 3 is 2.61 bits per heavy atom. The fourth-order valence-corrected chi connectivity index (χ4v) is 3.46. The highest BCUT2D eigenvalue weighted by Crippen LogP contribution is 2.17. The van der Waals surface area contributed by atoms with E-state index in [-0.39, 0.29) is 5.56 Å². The predicted octanol–water partition coefficient (Wildman–Crippen LogP) is 2.40. The maximum Gasteiger partial charge on any atom is 0.329 e. The number of rotatable bonds is 8. The summed E-state index contributed by atoms with van der Waals surface area (Å²) in [6.45, 7) is 9.45. The fourth-order valence-electron chi connectivity index (χ4n) is 3.46. The minimum absolute atomic E-state index is 0.387. The minimum Gasteiger partial charge on any atom is -0.317 e. The number of hydrogen-bond donors (Lipinski definition) is 1. The van der Waals surface area contributed by atoms with Crippen molar-refractivity contribution in [1.82, 2.24) is 24.0 Å². The first kappa shape index (κ1) is 20.1. The summed E-state index contributed by atoms with van der Waals surface area (Å²) in [4.78, 5) is 34.2. The van der Waals surface area contributed by atoms with Crippen LogP contribution >= 0.6 is 0 Å². The molecule has 3 aromatic rings. The molecule has 0 aliphatic heterocycles. The Morgan fingerprint density at radius 1 is 1.18 bits per heavy atom. The Labute approximate surface area is 164 Å². The minimum atomic E-state index is -0.442. The third-order valence-corrected chi connectivity index (χ3v) is 5.32. The van der Waals surface area contributed by atoms with Gasteiger partial charge in [-0.3, -0.25) is 19.2 Å². The van der Waals surface area contributed by atoms with Gasteiger partial charge >= 0.3 is 5.69 Å². The lowest BCUT2D eigenvalue weighted by Crippen LogP contribution is -2.29. The third kappa shape index (κ3) is 3.94. The number of hydrogen-bond acceptors (Lipinski definition) is 4. The Hall–Kier alpha value is -2.67. The summed E-state index contributed by atoms with van der Waals surface area (Å²) in [6.07, 6.45) is 2.25. The van der Waals surface area contributed by atoms with E-state index in [1.54, 1.807) is 7.05 Å².